The Kier molecular flexibility index (Phi) is 3.60. The van der Waals surface area contributed by atoms with Gasteiger partial charge in [0.1, 0.15) is 5.75 Å². The van der Waals surface area contributed by atoms with Crippen LogP contribution in [0, 0.1) is 0 Å². The molecule has 0 radical (unpaired) electrons. The zero-order valence-electron chi connectivity index (χ0n) is 12.4. The van der Waals surface area contributed by atoms with E-state index in [0.29, 0.717) is 22.6 Å². The Morgan fingerprint density at radius 1 is 1.09 bits per heavy atom. The summed E-state index contributed by atoms with van der Waals surface area (Å²) in [7, 11) is 2.98. The van der Waals surface area contributed by atoms with E-state index >= 15 is 0 Å². The summed E-state index contributed by atoms with van der Waals surface area (Å²) < 4.78 is 10.4. The van der Waals surface area contributed by atoms with Gasteiger partial charge in [-0.1, -0.05) is 30.3 Å². The molecule has 0 saturated heterocycles. The summed E-state index contributed by atoms with van der Waals surface area (Å²) in [6, 6.07) is 14.1. The number of carbonyl (C=O) groups excluding carboxylic acids is 1. The first kappa shape index (κ1) is 14.6. The van der Waals surface area contributed by atoms with Gasteiger partial charge in [0.05, 0.1) is 7.11 Å². The number of hydrogen-bond donors (Lipinski definition) is 2. The Labute approximate surface area is 128 Å². The van der Waals surface area contributed by atoms with Crippen LogP contribution in [-0.2, 0) is 15.1 Å². The first-order valence-corrected chi connectivity index (χ1v) is 6.91. The van der Waals surface area contributed by atoms with E-state index in [0.717, 1.165) is 0 Å². The van der Waals surface area contributed by atoms with Gasteiger partial charge in [-0.15, -0.1) is 0 Å². The zero-order valence-corrected chi connectivity index (χ0v) is 12.4. The first-order valence-electron chi connectivity index (χ1n) is 6.91. The van der Waals surface area contributed by atoms with Crippen LogP contribution in [0.3, 0.4) is 0 Å². The molecule has 5 heteroatoms. The van der Waals surface area contributed by atoms with Crippen molar-refractivity contribution in [1.29, 1.82) is 0 Å². The maximum atomic E-state index is 12.3. The molecule has 2 aromatic rings. The van der Waals surface area contributed by atoms with Crippen LogP contribution in [0.2, 0.25) is 0 Å². The number of nitrogens with one attached hydrogen (secondary N) is 1. The van der Waals surface area contributed by atoms with Crippen molar-refractivity contribution in [3.8, 4) is 5.75 Å². The minimum Gasteiger partial charge on any atom is -0.497 e. The molecule has 1 aliphatic rings. The number of para-hydroxylation sites is 1. The van der Waals surface area contributed by atoms with E-state index in [4.69, 9.17) is 9.47 Å². The lowest BCUT2D eigenvalue weighted by Gasteiger charge is -2.40. The maximum absolute atomic E-state index is 12.3. The Bertz CT molecular complexity index is 698. The van der Waals surface area contributed by atoms with Gasteiger partial charge in [-0.25, -0.2) is 0 Å². The second kappa shape index (κ2) is 5.44. The number of amides is 1. The minimum absolute atomic E-state index is 0.375. The van der Waals surface area contributed by atoms with Gasteiger partial charge in [0, 0.05) is 18.4 Å². The average Bonchev–Trinajstić information content (AvgIpc) is 2.55. The van der Waals surface area contributed by atoms with Crippen LogP contribution >= 0.6 is 0 Å². The molecule has 0 aliphatic carbocycles. The Balaban J connectivity index is 2.20. The predicted octanol–water partition coefficient (Wildman–Crippen LogP) is 1.90. The Morgan fingerprint density at radius 3 is 2.41 bits per heavy atom. The number of anilines is 1. The van der Waals surface area contributed by atoms with Crippen LogP contribution < -0.4 is 10.1 Å². The minimum atomic E-state index is -1.56. The van der Waals surface area contributed by atoms with Crippen LogP contribution in [0.15, 0.2) is 48.5 Å². The molecule has 0 fully saturated rings. The van der Waals surface area contributed by atoms with Gasteiger partial charge in [-0.3, -0.25) is 4.79 Å². The number of carbonyl (C=O) groups is 1. The number of hydrogen-bond acceptors (Lipinski definition) is 4. The highest BCUT2D eigenvalue weighted by Crippen LogP contribution is 2.42. The number of aliphatic hydroxyl groups is 1. The lowest BCUT2D eigenvalue weighted by Crippen LogP contribution is -2.52. The molecule has 1 aliphatic heterocycles. The van der Waals surface area contributed by atoms with Crippen LogP contribution in [0.4, 0.5) is 5.69 Å². The molecule has 2 N–H and O–H groups in total. The molecule has 1 amide bonds. The van der Waals surface area contributed by atoms with Crippen molar-refractivity contribution < 1.29 is 19.4 Å². The van der Waals surface area contributed by atoms with E-state index in [1.165, 1.54) is 7.11 Å². The standard InChI is InChI=1S/C17H17NO4/c1-21-12-9-7-11(8-10-12)17(20)13-5-3-4-6-14(13)18-16(19)15(17)22-2/h3-10,15,20H,1-2H3,(H,18,19)/t15-,17+/m0/s1. The fourth-order valence-corrected chi connectivity index (χ4v) is 2.88. The molecule has 0 bridgehead atoms. The zero-order chi connectivity index (χ0) is 15.7. The van der Waals surface area contributed by atoms with Gasteiger partial charge in [0.25, 0.3) is 5.91 Å². The third-order valence-electron chi connectivity index (χ3n) is 3.98. The van der Waals surface area contributed by atoms with E-state index in [-0.39, 0.29) is 5.91 Å². The van der Waals surface area contributed by atoms with Crippen LogP contribution in [0.25, 0.3) is 0 Å². The van der Waals surface area contributed by atoms with Crippen molar-refractivity contribution in [3.05, 3.63) is 59.7 Å². The molecule has 0 saturated carbocycles. The number of methoxy groups -OCH3 is 2. The molecule has 2 aromatic carbocycles. The van der Waals surface area contributed by atoms with Gasteiger partial charge >= 0.3 is 0 Å². The Hall–Kier alpha value is -2.37. The summed E-state index contributed by atoms with van der Waals surface area (Å²) in [6.45, 7) is 0. The predicted molar refractivity (Wildman–Crippen MR) is 81.9 cm³/mol. The van der Waals surface area contributed by atoms with E-state index in [9.17, 15) is 9.90 Å². The lowest BCUT2D eigenvalue weighted by atomic mass is 9.78. The monoisotopic (exact) mass is 299 g/mol. The molecular weight excluding hydrogens is 282 g/mol. The summed E-state index contributed by atoms with van der Waals surface area (Å²) in [6.07, 6.45) is -1.03. The number of benzene rings is 2. The van der Waals surface area contributed by atoms with Crippen molar-refractivity contribution in [1.82, 2.24) is 0 Å². The van der Waals surface area contributed by atoms with Crippen molar-refractivity contribution in [2.24, 2.45) is 0 Å². The summed E-state index contributed by atoms with van der Waals surface area (Å²) in [4.78, 5) is 12.3. The Morgan fingerprint density at radius 2 is 1.77 bits per heavy atom. The first-order chi connectivity index (χ1) is 10.6. The largest absolute Gasteiger partial charge is 0.497 e. The van der Waals surface area contributed by atoms with Gasteiger partial charge in [0.15, 0.2) is 11.7 Å². The quantitative estimate of drug-likeness (QED) is 0.908. The second-order valence-electron chi connectivity index (χ2n) is 5.15. The van der Waals surface area contributed by atoms with Crippen molar-refractivity contribution in [2.75, 3.05) is 19.5 Å². The van der Waals surface area contributed by atoms with E-state index in [1.807, 2.05) is 6.07 Å². The molecular formula is C17H17NO4. The summed E-state index contributed by atoms with van der Waals surface area (Å²) in [5.74, 6) is 0.300. The van der Waals surface area contributed by atoms with E-state index in [1.54, 1.807) is 49.6 Å². The molecule has 2 atom stereocenters. The third-order valence-corrected chi connectivity index (χ3v) is 3.98. The molecule has 0 aromatic heterocycles. The fraction of sp³-hybridized carbons (Fsp3) is 0.235. The van der Waals surface area contributed by atoms with Crippen LogP contribution in [0.1, 0.15) is 11.1 Å². The molecule has 114 valence electrons. The van der Waals surface area contributed by atoms with Gasteiger partial charge in [0.2, 0.25) is 0 Å². The molecule has 0 spiro atoms. The molecule has 1 heterocycles. The highest BCUT2D eigenvalue weighted by atomic mass is 16.5. The maximum Gasteiger partial charge on any atom is 0.257 e. The number of fused-ring (bicyclic) bond motifs is 1. The summed E-state index contributed by atoms with van der Waals surface area (Å²) in [5, 5.41) is 14.1. The second-order valence-corrected chi connectivity index (χ2v) is 5.15. The number of rotatable bonds is 3. The van der Waals surface area contributed by atoms with Gasteiger partial charge in [-0.2, -0.15) is 0 Å². The van der Waals surface area contributed by atoms with E-state index in [2.05, 4.69) is 5.32 Å². The summed E-state index contributed by atoms with van der Waals surface area (Å²) >= 11 is 0. The average molecular weight is 299 g/mol. The van der Waals surface area contributed by atoms with Crippen molar-refractivity contribution >= 4 is 11.6 Å². The van der Waals surface area contributed by atoms with Crippen LogP contribution in [0.5, 0.6) is 5.75 Å². The van der Waals surface area contributed by atoms with Crippen molar-refractivity contribution in [2.45, 2.75) is 11.7 Å². The molecule has 22 heavy (non-hydrogen) atoms. The molecule has 3 rings (SSSR count). The topological polar surface area (TPSA) is 67.8 Å². The molecule has 5 nitrogen and oxygen atoms in total. The summed E-state index contributed by atoms with van der Waals surface area (Å²) in [5.41, 5.74) is 0.202. The highest BCUT2D eigenvalue weighted by Gasteiger charge is 2.49. The van der Waals surface area contributed by atoms with Gasteiger partial charge < -0.3 is 19.9 Å². The van der Waals surface area contributed by atoms with Crippen molar-refractivity contribution in [3.63, 3.8) is 0 Å². The lowest BCUT2D eigenvalue weighted by molar-refractivity contribution is -0.142. The highest BCUT2D eigenvalue weighted by molar-refractivity contribution is 5.99. The fourth-order valence-electron chi connectivity index (χ4n) is 2.88. The SMILES string of the molecule is COc1ccc([C@@]2(O)c3ccccc3NC(=O)[C@@H]2OC)cc1. The molecule has 0 unspecified atom stereocenters. The van der Waals surface area contributed by atoms with Gasteiger partial charge in [-0.05, 0) is 23.8 Å². The smallest absolute Gasteiger partial charge is 0.257 e. The van der Waals surface area contributed by atoms with E-state index < -0.39 is 11.7 Å². The van der Waals surface area contributed by atoms with Crippen LogP contribution in [-0.4, -0.2) is 31.3 Å². The number of ether oxygens (including phenoxy) is 2. The normalized spacial score (nSPS) is 23.6. The third kappa shape index (κ3) is 2.06.